The number of anilines is 1. The summed E-state index contributed by atoms with van der Waals surface area (Å²) in [5.74, 6) is 0.995. The quantitative estimate of drug-likeness (QED) is 0.897. The summed E-state index contributed by atoms with van der Waals surface area (Å²) in [4.78, 5) is 11.4. The van der Waals surface area contributed by atoms with Crippen molar-refractivity contribution in [1.82, 2.24) is 15.3 Å². The van der Waals surface area contributed by atoms with Crippen LogP contribution in [0.5, 0.6) is 0 Å². The van der Waals surface area contributed by atoms with E-state index in [0.717, 1.165) is 24.6 Å². The van der Waals surface area contributed by atoms with Crippen molar-refractivity contribution in [2.45, 2.75) is 59.0 Å². The minimum absolute atomic E-state index is 0.513. The highest BCUT2D eigenvalue weighted by atomic mass is 15.2. The summed E-state index contributed by atoms with van der Waals surface area (Å²) in [7, 11) is 2.15. The number of hydrogen-bond donors (Lipinski definition) is 1. The van der Waals surface area contributed by atoms with Gasteiger partial charge < -0.3 is 10.2 Å². The normalized spacial score (nSPS) is 19.0. The Kier molecular flexibility index (Phi) is 4.97. The van der Waals surface area contributed by atoms with Crippen LogP contribution in [-0.4, -0.2) is 29.6 Å². The maximum atomic E-state index is 4.57. The van der Waals surface area contributed by atoms with Crippen LogP contribution in [0.2, 0.25) is 0 Å². The highest BCUT2D eigenvalue weighted by Crippen LogP contribution is 2.37. The van der Waals surface area contributed by atoms with Crippen molar-refractivity contribution < 1.29 is 0 Å². The predicted molar refractivity (Wildman–Crippen MR) is 83.9 cm³/mol. The summed E-state index contributed by atoms with van der Waals surface area (Å²) < 4.78 is 0. The molecule has 0 aromatic carbocycles. The van der Waals surface area contributed by atoms with E-state index >= 15 is 0 Å². The largest absolute Gasteiger partial charge is 0.355 e. The third-order valence-corrected chi connectivity index (χ3v) is 4.47. The molecule has 0 spiro atoms. The van der Waals surface area contributed by atoms with E-state index in [4.69, 9.17) is 0 Å². The van der Waals surface area contributed by atoms with E-state index in [9.17, 15) is 0 Å². The highest BCUT2D eigenvalue weighted by Gasteiger charge is 2.29. The average Bonchev–Trinajstić information content (AvgIpc) is 2.45. The summed E-state index contributed by atoms with van der Waals surface area (Å²) in [6, 6.07) is 0.608. The van der Waals surface area contributed by atoms with Crippen LogP contribution in [0.3, 0.4) is 0 Å². The molecule has 0 amide bonds. The van der Waals surface area contributed by atoms with E-state index in [1.54, 1.807) is 0 Å². The standard InChI is InChI=1S/C16H28N4/c1-5-17-10-13-11-19-15(12-18-13)20(4)14-6-8-16(2,3)9-7-14/h11-12,14,17H,5-10H2,1-4H3. The first-order valence-corrected chi connectivity index (χ1v) is 7.76. The average molecular weight is 276 g/mol. The summed E-state index contributed by atoms with van der Waals surface area (Å²) in [6.07, 6.45) is 8.91. The first kappa shape index (κ1) is 15.2. The molecule has 1 aliphatic carbocycles. The van der Waals surface area contributed by atoms with Gasteiger partial charge in [-0.2, -0.15) is 0 Å². The fourth-order valence-corrected chi connectivity index (χ4v) is 2.83. The van der Waals surface area contributed by atoms with Crippen LogP contribution in [0.15, 0.2) is 12.4 Å². The minimum Gasteiger partial charge on any atom is -0.355 e. The van der Waals surface area contributed by atoms with E-state index in [1.807, 2.05) is 12.4 Å². The molecular formula is C16H28N4. The van der Waals surface area contributed by atoms with Gasteiger partial charge >= 0.3 is 0 Å². The lowest BCUT2D eigenvalue weighted by molar-refractivity contribution is 0.222. The molecule has 20 heavy (non-hydrogen) atoms. The van der Waals surface area contributed by atoms with Crippen LogP contribution in [0.25, 0.3) is 0 Å². The van der Waals surface area contributed by atoms with Gasteiger partial charge in [-0.05, 0) is 37.6 Å². The number of nitrogens with one attached hydrogen (secondary N) is 1. The van der Waals surface area contributed by atoms with E-state index in [2.05, 4.69) is 48.0 Å². The summed E-state index contributed by atoms with van der Waals surface area (Å²) in [6.45, 7) is 8.60. The Bertz CT molecular complexity index is 403. The molecule has 1 N–H and O–H groups in total. The molecule has 0 radical (unpaired) electrons. The zero-order chi connectivity index (χ0) is 14.6. The van der Waals surface area contributed by atoms with Crippen LogP contribution in [0, 0.1) is 5.41 Å². The molecule has 0 atom stereocenters. The van der Waals surface area contributed by atoms with Crippen molar-refractivity contribution in [1.29, 1.82) is 0 Å². The number of nitrogens with zero attached hydrogens (tertiary/aromatic N) is 3. The van der Waals surface area contributed by atoms with Gasteiger partial charge in [0.1, 0.15) is 5.82 Å². The molecule has 1 heterocycles. The number of rotatable bonds is 5. The predicted octanol–water partition coefficient (Wildman–Crippen LogP) is 2.99. The smallest absolute Gasteiger partial charge is 0.147 e. The van der Waals surface area contributed by atoms with Crippen molar-refractivity contribution in [2.75, 3.05) is 18.5 Å². The Hall–Kier alpha value is -1.16. The van der Waals surface area contributed by atoms with Crippen molar-refractivity contribution in [3.63, 3.8) is 0 Å². The third-order valence-electron chi connectivity index (χ3n) is 4.47. The molecule has 0 aliphatic heterocycles. The van der Waals surface area contributed by atoms with Gasteiger partial charge in [0.2, 0.25) is 0 Å². The van der Waals surface area contributed by atoms with Crippen LogP contribution in [-0.2, 0) is 6.54 Å². The lowest BCUT2D eigenvalue weighted by atomic mass is 9.75. The monoisotopic (exact) mass is 276 g/mol. The fraction of sp³-hybridized carbons (Fsp3) is 0.750. The molecule has 1 aliphatic rings. The number of hydrogen-bond acceptors (Lipinski definition) is 4. The molecule has 1 saturated carbocycles. The molecule has 0 unspecified atom stereocenters. The first-order valence-electron chi connectivity index (χ1n) is 7.76. The molecule has 0 bridgehead atoms. The Balaban J connectivity index is 1.94. The lowest BCUT2D eigenvalue weighted by Crippen LogP contribution is -2.37. The maximum absolute atomic E-state index is 4.57. The van der Waals surface area contributed by atoms with Gasteiger partial charge in [-0.25, -0.2) is 4.98 Å². The summed E-state index contributed by atoms with van der Waals surface area (Å²) in [5.41, 5.74) is 1.52. The number of aromatic nitrogens is 2. The SMILES string of the molecule is CCNCc1cnc(N(C)C2CCC(C)(C)CC2)cn1. The second-order valence-corrected chi connectivity index (χ2v) is 6.65. The Morgan fingerprint density at radius 2 is 1.95 bits per heavy atom. The maximum Gasteiger partial charge on any atom is 0.147 e. The van der Waals surface area contributed by atoms with E-state index in [1.165, 1.54) is 25.7 Å². The molecule has 2 rings (SSSR count). The Morgan fingerprint density at radius 3 is 2.50 bits per heavy atom. The third kappa shape index (κ3) is 3.92. The van der Waals surface area contributed by atoms with Crippen LogP contribution < -0.4 is 10.2 Å². The molecule has 112 valence electrons. The molecule has 4 heteroatoms. The van der Waals surface area contributed by atoms with Crippen molar-refractivity contribution >= 4 is 5.82 Å². The van der Waals surface area contributed by atoms with Gasteiger partial charge in [-0.3, -0.25) is 4.98 Å². The zero-order valence-corrected chi connectivity index (χ0v) is 13.3. The van der Waals surface area contributed by atoms with Crippen molar-refractivity contribution in [3.05, 3.63) is 18.1 Å². The lowest BCUT2D eigenvalue weighted by Gasteiger charge is -2.39. The molecular weight excluding hydrogens is 248 g/mol. The topological polar surface area (TPSA) is 41.1 Å². The van der Waals surface area contributed by atoms with Crippen molar-refractivity contribution in [3.8, 4) is 0 Å². The molecule has 4 nitrogen and oxygen atoms in total. The van der Waals surface area contributed by atoms with Crippen LogP contribution in [0.1, 0.15) is 52.1 Å². The minimum atomic E-state index is 0.513. The Morgan fingerprint density at radius 1 is 1.25 bits per heavy atom. The molecule has 0 saturated heterocycles. The molecule has 1 aromatic heterocycles. The Labute approximate surface area is 123 Å². The van der Waals surface area contributed by atoms with Gasteiger partial charge in [0.15, 0.2) is 0 Å². The van der Waals surface area contributed by atoms with Gasteiger partial charge in [0, 0.05) is 19.6 Å². The second kappa shape index (κ2) is 6.53. The van der Waals surface area contributed by atoms with Crippen molar-refractivity contribution in [2.24, 2.45) is 5.41 Å². The summed E-state index contributed by atoms with van der Waals surface area (Å²) >= 11 is 0. The second-order valence-electron chi connectivity index (χ2n) is 6.65. The van der Waals surface area contributed by atoms with Gasteiger partial charge in [-0.1, -0.05) is 20.8 Å². The van der Waals surface area contributed by atoms with E-state index < -0.39 is 0 Å². The zero-order valence-electron chi connectivity index (χ0n) is 13.3. The van der Waals surface area contributed by atoms with E-state index in [0.29, 0.717) is 11.5 Å². The fourth-order valence-electron chi connectivity index (χ4n) is 2.83. The van der Waals surface area contributed by atoms with Gasteiger partial charge in [0.25, 0.3) is 0 Å². The summed E-state index contributed by atoms with van der Waals surface area (Å²) in [5, 5.41) is 3.27. The molecule has 1 fully saturated rings. The van der Waals surface area contributed by atoms with Crippen LogP contribution in [0.4, 0.5) is 5.82 Å². The molecule has 1 aromatic rings. The van der Waals surface area contributed by atoms with Gasteiger partial charge in [0.05, 0.1) is 18.1 Å². The highest BCUT2D eigenvalue weighted by molar-refractivity contribution is 5.36. The first-order chi connectivity index (χ1) is 9.52. The van der Waals surface area contributed by atoms with Crippen LogP contribution >= 0.6 is 0 Å². The van der Waals surface area contributed by atoms with Gasteiger partial charge in [-0.15, -0.1) is 0 Å². The van der Waals surface area contributed by atoms with E-state index in [-0.39, 0.29) is 0 Å².